The van der Waals surface area contributed by atoms with E-state index in [1.54, 1.807) is 0 Å². The number of hydrogen-bond acceptors (Lipinski definition) is 0. The van der Waals surface area contributed by atoms with Crippen molar-refractivity contribution in [3.8, 4) is 0 Å². The van der Waals surface area contributed by atoms with E-state index in [0.29, 0.717) is 0 Å². The van der Waals surface area contributed by atoms with E-state index < -0.39 is 0 Å². The summed E-state index contributed by atoms with van der Waals surface area (Å²) >= 11 is 2.54. The minimum Gasteiger partial charge on any atom is -0.0829 e. The molecule has 3 atom stereocenters. The normalized spacial score (nSPS) is 36.3. The highest BCUT2D eigenvalue weighted by Crippen LogP contribution is 2.35. The summed E-state index contributed by atoms with van der Waals surface area (Å²) in [6.07, 6.45) is 5.90. The molecule has 0 saturated heterocycles. The Morgan fingerprint density at radius 3 is 2.60 bits per heavy atom. The van der Waals surface area contributed by atoms with Crippen LogP contribution in [0.5, 0.6) is 0 Å². The predicted molar refractivity (Wildman–Crippen MR) is 54.6 cm³/mol. The maximum Gasteiger partial charge on any atom is 0.00840 e. The van der Waals surface area contributed by atoms with Crippen LogP contribution < -0.4 is 0 Å². The monoisotopic (exact) mass is 252 g/mol. The molecule has 0 amide bonds. The molecule has 60 valence electrons. The van der Waals surface area contributed by atoms with E-state index >= 15 is 0 Å². The summed E-state index contributed by atoms with van der Waals surface area (Å²) in [5, 5.41) is 0. The van der Waals surface area contributed by atoms with Crippen molar-refractivity contribution in [1.82, 2.24) is 0 Å². The van der Waals surface area contributed by atoms with Gasteiger partial charge in [-0.25, -0.2) is 0 Å². The van der Waals surface area contributed by atoms with Crippen molar-refractivity contribution in [2.24, 2.45) is 11.8 Å². The molecule has 10 heavy (non-hydrogen) atoms. The van der Waals surface area contributed by atoms with Crippen LogP contribution in [0.15, 0.2) is 0 Å². The molecule has 1 fully saturated rings. The van der Waals surface area contributed by atoms with Gasteiger partial charge in [0.25, 0.3) is 0 Å². The minimum atomic E-state index is 0.878. The zero-order valence-electron chi connectivity index (χ0n) is 6.94. The molecule has 0 aromatic carbocycles. The second-order valence-electron chi connectivity index (χ2n) is 3.68. The first-order valence-corrected chi connectivity index (χ1v) is 5.58. The number of halogens is 1. The van der Waals surface area contributed by atoms with Crippen molar-refractivity contribution in [2.45, 2.75) is 43.5 Å². The van der Waals surface area contributed by atoms with Gasteiger partial charge in [0, 0.05) is 3.92 Å². The summed E-state index contributed by atoms with van der Waals surface area (Å²) in [5.41, 5.74) is 0. The first-order chi connectivity index (χ1) is 4.70. The number of rotatable bonds is 2. The van der Waals surface area contributed by atoms with E-state index in [2.05, 4.69) is 36.4 Å². The topological polar surface area (TPSA) is 0 Å². The van der Waals surface area contributed by atoms with Gasteiger partial charge in [0.05, 0.1) is 0 Å². The standard InChI is InChI=1S/C9H17I/c1-7-4-3-5-9(7)6-8(2)10/h7-9H,3-6H2,1-2H3. The molecule has 0 radical (unpaired) electrons. The van der Waals surface area contributed by atoms with Crippen LogP contribution in [0.4, 0.5) is 0 Å². The Hall–Kier alpha value is 0.730. The van der Waals surface area contributed by atoms with Gasteiger partial charge in [-0.05, 0) is 18.3 Å². The third-order valence-electron chi connectivity index (χ3n) is 2.67. The predicted octanol–water partition coefficient (Wildman–Crippen LogP) is 3.64. The summed E-state index contributed by atoms with van der Waals surface area (Å²) in [5.74, 6) is 2.06. The van der Waals surface area contributed by atoms with E-state index in [9.17, 15) is 0 Å². The van der Waals surface area contributed by atoms with E-state index in [1.807, 2.05) is 0 Å². The second-order valence-corrected chi connectivity index (χ2v) is 5.81. The quantitative estimate of drug-likeness (QED) is 0.520. The molecule has 1 heteroatoms. The minimum absolute atomic E-state index is 0.878. The molecule has 1 aliphatic carbocycles. The van der Waals surface area contributed by atoms with Crippen molar-refractivity contribution in [3.05, 3.63) is 0 Å². The van der Waals surface area contributed by atoms with Crippen molar-refractivity contribution in [1.29, 1.82) is 0 Å². The molecule has 3 unspecified atom stereocenters. The molecule has 0 bridgehead atoms. The van der Waals surface area contributed by atoms with Gasteiger partial charge in [-0.1, -0.05) is 55.7 Å². The van der Waals surface area contributed by atoms with Crippen molar-refractivity contribution in [2.75, 3.05) is 0 Å². The lowest BCUT2D eigenvalue weighted by molar-refractivity contribution is 0.396. The first-order valence-electron chi connectivity index (χ1n) is 4.34. The number of hydrogen-bond donors (Lipinski definition) is 0. The van der Waals surface area contributed by atoms with E-state index in [4.69, 9.17) is 0 Å². The average Bonchev–Trinajstić information content (AvgIpc) is 2.15. The Morgan fingerprint density at radius 2 is 2.20 bits per heavy atom. The Labute approximate surface area is 77.9 Å². The summed E-state index contributed by atoms with van der Waals surface area (Å²) < 4.78 is 0.878. The first kappa shape index (κ1) is 8.82. The van der Waals surface area contributed by atoms with Crippen molar-refractivity contribution in [3.63, 3.8) is 0 Å². The third kappa shape index (κ3) is 2.40. The fraction of sp³-hybridized carbons (Fsp3) is 1.00. The Balaban J connectivity index is 2.26. The maximum atomic E-state index is 2.54. The fourth-order valence-electron chi connectivity index (χ4n) is 1.99. The van der Waals surface area contributed by atoms with Gasteiger partial charge < -0.3 is 0 Å². The van der Waals surface area contributed by atoms with Gasteiger partial charge >= 0.3 is 0 Å². The number of alkyl halides is 1. The van der Waals surface area contributed by atoms with Gasteiger partial charge in [-0.2, -0.15) is 0 Å². The maximum absolute atomic E-state index is 2.54. The van der Waals surface area contributed by atoms with Crippen molar-refractivity contribution < 1.29 is 0 Å². The SMILES string of the molecule is CC(I)CC1CCCC1C. The highest BCUT2D eigenvalue weighted by Gasteiger charge is 2.23. The molecular weight excluding hydrogens is 235 g/mol. The van der Waals surface area contributed by atoms with Crippen LogP contribution in [0.2, 0.25) is 0 Å². The van der Waals surface area contributed by atoms with E-state index in [1.165, 1.54) is 25.7 Å². The van der Waals surface area contributed by atoms with Crippen LogP contribution in [-0.2, 0) is 0 Å². The molecule has 0 aliphatic heterocycles. The van der Waals surface area contributed by atoms with Gasteiger partial charge in [0.2, 0.25) is 0 Å². The van der Waals surface area contributed by atoms with Gasteiger partial charge in [-0.3, -0.25) is 0 Å². The Kier molecular flexibility index (Phi) is 3.47. The molecule has 0 aromatic rings. The highest BCUT2D eigenvalue weighted by molar-refractivity contribution is 14.1. The Bertz CT molecular complexity index is 98.9. The zero-order chi connectivity index (χ0) is 7.56. The molecule has 0 N–H and O–H groups in total. The summed E-state index contributed by atoms with van der Waals surface area (Å²) in [7, 11) is 0. The third-order valence-corrected chi connectivity index (χ3v) is 3.18. The van der Waals surface area contributed by atoms with Crippen LogP contribution in [0.1, 0.15) is 39.5 Å². The molecule has 0 heterocycles. The molecule has 0 nitrogen and oxygen atoms in total. The van der Waals surface area contributed by atoms with Gasteiger partial charge in [0.15, 0.2) is 0 Å². The molecule has 0 aromatic heterocycles. The van der Waals surface area contributed by atoms with E-state index in [-0.39, 0.29) is 0 Å². The van der Waals surface area contributed by atoms with Crippen LogP contribution in [0.25, 0.3) is 0 Å². The summed E-state index contributed by atoms with van der Waals surface area (Å²) in [4.78, 5) is 0. The lowest BCUT2D eigenvalue weighted by Gasteiger charge is -2.15. The van der Waals surface area contributed by atoms with Gasteiger partial charge in [0.1, 0.15) is 0 Å². The highest BCUT2D eigenvalue weighted by atomic mass is 127. The molecule has 1 saturated carbocycles. The molecule has 1 rings (SSSR count). The van der Waals surface area contributed by atoms with Gasteiger partial charge in [-0.15, -0.1) is 0 Å². The van der Waals surface area contributed by atoms with Crippen LogP contribution in [0.3, 0.4) is 0 Å². The second kappa shape index (κ2) is 3.93. The Morgan fingerprint density at radius 1 is 1.50 bits per heavy atom. The van der Waals surface area contributed by atoms with Crippen LogP contribution in [0, 0.1) is 11.8 Å². The summed E-state index contributed by atoms with van der Waals surface area (Å²) in [6.45, 7) is 4.74. The zero-order valence-corrected chi connectivity index (χ0v) is 9.10. The summed E-state index contributed by atoms with van der Waals surface area (Å²) in [6, 6.07) is 0. The largest absolute Gasteiger partial charge is 0.0829 e. The lowest BCUT2D eigenvalue weighted by Crippen LogP contribution is -2.08. The fourth-order valence-corrected chi connectivity index (χ4v) is 2.64. The molecule has 0 spiro atoms. The molecule has 1 aliphatic rings. The lowest BCUT2D eigenvalue weighted by atomic mass is 9.94. The van der Waals surface area contributed by atoms with Crippen LogP contribution in [-0.4, -0.2) is 3.92 Å². The average molecular weight is 252 g/mol. The smallest absolute Gasteiger partial charge is 0.00840 e. The van der Waals surface area contributed by atoms with Crippen LogP contribution >= 0.6 is 22.6 Å². The molecular formula is C9H17I. The van der Waals surface area contributed by atoms with Crippen molar-refractivity contribution >= 4 is 22.6 Å². The van der Waals surface area contributed by atoms with E-state index in [0.717, 1.165) is 15.8 Å².